The molecule has 2 heterocycles. The molecule has 0 atom stereocenters. The predicted octanol–water partition coefficient (Wildman–Crippen LogP) is 3.07. The van der Waals surface area contributed by atoms with E-state index in [0.717, 1.165) is 16.5 Å². The molecule has 0 unspecified atom stereocenters. The van der Waals surface area contributed by atoms with Crippen LogP contribution < -0.4 is 11.5 Å². The molecule has 28 heavy (non-hydrogen) atoms. The minimum absolute atomic E-state index is 0.0998. The molecule has 0 fully saturated rings. The highest BCUT2D eigenvalue weighted by atomic mass is 32.2. The molecule has 9 heteroatoms. The van der Waals surface area contributed by atoms with Crippen molar-refractivity contribution < 1.29 is 0 Å². The maximum Gasteiger partial charge on any atom is 0.225 e. The fraction of sp³-hybridized carbons (Fsp3) is 0.316. The first-order valence-corrected chi connectivity index (χ1v) is 9.80. The molecular weight excluding hydrogens is 372 g/mol. The Bertz CT molecular complexity index is 952. The van der Waals surface area contributed by atoms with Gasteiger partial charge in [0.1, 0.15) is 5.82 Å². The molecule has 0 spiro atoms. The van der Waals surface area contributed by atoms with Crippen LogP contribution in [0.1, 0.15) is 32.2 Å². The number of nitrogens with two attached hydrogens (primary N) is 2. The van der Waals surface area contributed by atoms with Gasteiger partial charge >= 0.3 is 0 Å². The van der Waals surface area contributed by atoms with Gasteiger partial charge in [0.15, 0.2) is 11.0 Å². The molecule has 3 aromatic rings. The van der Waals surface area contributed by atoms with Gasteiger partial charge in [-0.2, -0.15) is 15.0 Å². The molecule has 0 aliphatic rings. The summed E-state index contributed by atoms with van der Waals surface area (Å²) in [4.78, 5) is 12.0. The van der Waals surface area contributed by atoms with Crippen molar-refractivity contribution in [2.24, 2.45) is 0 Å². The van der Waals surface area contributed by atoms with E-state index in [0.29, 0.717) is 18.1 Å². The lowest BCUT2D eigenvalue weighted by Crippen LogP contribution is -2.10. The molecule has 2 aromatic heterocycles. The SMILES string of the molecule is C=CCn1c(SCc2nc(N)nc(N)n2)nnc1-c1ccc(C(C)(C)C)cc1. The number of thioether (sulfide) groups is 1. The van der Waals surface area contributed by atoms with Gasteiger partial charge in [-0.1, -0.05) is 62.9 Å². The van der Waals surface area contributed by atoms with E-state index in [-0.39, 0.29) is 17.3 Å². The number of hydrogen-bond donors (Lipinski definition) is 2. The quantitative estimate of drug-likeness (QED) is 0.481. The van der Waals surface area contributed by atoms with Crippen LogP contribution in [0.2, 0.25) is 0 Å². The van der Waals surface area contributed by atoms with Crippen LogP contribution in [0, 0.1) is 0 Å². The van der Waals surface area contributed by atoms with Crippen LogP contribution in [-0.2, 0) is 17.7 Å². The van der Waals surface area contributed by atoms with Crippen LogP contribution in [0.4, 0.5) is 11.9 Å². The Morgan fingerprint density at radius 1 is 1.04 bits per heavy atom. The van der Waals surface area contributed by atoms with Crippen molar-refractivity contribution in [3.8, 4) is 11.4 Å². The Balaban J connectivity index is 1.86. The fourth-order valence-corrected chi connectivity index (χ4v) is 3.48. The minimum Gasteiger partial charge on any atom is -0.368 e. The summed E-state index contributed by atoms with van der Waals surface area (Å²) in [5.74, 6) is 1.96. The van der Waals surface area contributed by atoms with Crippen LogP contribution >= 0.6 is 11.8 Å². The number of rotatable bonds is 6. The van der Waals surface area contributed by atoms with E-state index >= 15 is 0 Å². The molecule has 0 aliphatic carbocycles. The van der Waals surface area contributed by atoms with Gasteiger partial charge in [-0.15, -0.1) is 16.8 Å². The van der Waals surface area contributed by atoms with Crippen LogP contribution in [0.15, 0.2) is 42.1 Å². The zero-order valence-corrected chi connectivity index (χ0v) is 17.1. The van der Waals surface area contributed by atoms with Crippen molar-refractivity contribution in [1.29, 1.82) is 0 Å². The highest BCUT2D eigenvalue weighted by Crippen LogP contribution is 2.28. The third-order valence-electron chi connectivity index (χ3n) is 4.08. The van der Waals surface area contributed by atoms with Crippen LogP contribution in [0.25, 0.3) is 11.4 Å². The number of nitrogens with zero attached hydrogens (tertiary/aromatic N) is 6. The Hall–Kier alpha value is -2.94. The first-order chi connectivity index (χ1) is 13.3. The smallest absolute Gasteiger partial charge is 0.225 e. The molecule has 0 aliphatic heterocycles. The summed E-state index contributed by atoms with van der Waals surface area (Å²) in [6.45, 7) is 11.0. The second-order valence-corrected chi connectivity index (χ2v) is 8.23. The average molecular weight is 397 g/mol. The van der Waals surface area contributed by atoms with E-state index in [1.54, 1.807) is 0 Å². The molecule has 0 amide bonds. The van der Waals surface area contributed by atoms with Gasteiger partial charge in [0.25, 0.3) is 0 Å². The minimum atomic E-state index is 0.0998. The number of hydrogen-bond acceptors (Lipinski definition) is 8. The van der Waals surface area contributed by atoms with Gasteiger partial charge in [0.2, 0.25) is 11.9 Å². The normalized spacial score (nSPS) is 11.5. The summed E-state index contributed by atoms with van der Waals surface area (Å²) in [7, 11) is 0. The first-order valence-electron chi connectivity index (χ1n) is 8.81. The Morgan fingerprint density at radius 3 is 2.25 bits per heavy atom. The third kappa shape index (κ3) is 4.48. The van der Waals surface area contributed by atoms with Crippen molar-refractivity contribution >= 4 is 23.7 Å². The number of anilines is 2. The Kier molecular flexibility index (Phi) is 5.64. The maximum absolute atomic E-state index is 5.63. The molecular formula is C19H24N8S. The van der Waals surface area contributed by atoms with Gasteiger partial charge in [0.05, 0.1) is 5.75 Å². The molecule has 0 bridgehead atoms. The van der Waals surface area contributed by atoms with Gasteiger partial charge < -0.3 is 11.5 Å². The van der Waals surface area contributed by atoms with Crippen molar-refractivity contribution in [3.63, 3.8) is 0 Å². The fourth-order valence-electron chi connectivity index (χ4n) is 2.67. The molecule has 0 radical (unpaired) electrons. The summed E-state index contributed by atoms with van der Waals surface area (Å²) in [5.41, 5.74) is 13.6. The van der Waals surface area contributed by atoms with Gasteiger partial charge in [-0.25, -0.2) is 0 Å². The van der Waals surface area contributed by atoms with Crippen LogP contribution in [0.5, 0.6) is 0 Å². The maximum atomic E-state index is 5.63. The van der Waals surface area contributed by atoms with Gasteiger partial charge in [-0.05, 0) is 11.0 Å². The lowest BCUT2D eigenvalue weighted by molar-refractivity contribution is 0.590. The number of allylic oxidation sites excluding steroid dienone is 1. The molecule has 4 N–H and O–H groups in total. The molecule has 8 nitrogen and oxygen atoms in total. The van der Waals surface area contributed by atoms with E-state index in [1.807, 2.05) is 10.6 Å². The second-order valence-electron chi connectivity index (χ2n) is 7.29. The molecule has 0 saturated carbocycles. The lowest BCUT2D eigenvalue weighted by Gasteiger charge is -2.19. The lowest BCUT2D eigenvalue weighted by atomic mass is 9.87. The van der Waals surface area contributed by atoms with Crippen molar-refractivity contribution in [3.05, 3.63) is 48.3 Å². The standard InChI is InChI=1S/C19H24N8S/c1-5-10-27-15(12-6-8-13(9-7-12)19(2,3)4)25-26-18(27)28-11-14-22-16(20)24-17(21)23-14/h5-9H,1,10-11H2,2-4H3,(H4,20,21,22,23,24). The summed E-state index contributed by atoms with van der Waals surface area (Å²) in [5, 5.41) is 9.47. The first kappa shape index (κ1) is 19.8. The predicted molar refractivity (Wildman–Crippen MR) is 113 cm³/mol. The number of benzene rings is 1. The zero-order valence-electron chi connectivity index (χ0n) is 16.3. The highest BCUT2D eigenvalue weighted by molar-refractivity contribution is 7.98. The molecule has 1 aromatic carbocycles. The molecule has 3 rings (SSSR count). The summed E-state index contributed by atoms with van der Waals surface area (Å²) < 4.78 is 2.01. The largest absolute Gasteiger partial charge is 0.368 e. The molecule has 146 valence electrons. The zero-order chi connectivity index (χ0) is 20.3. The van der Waals surface area contributed by atoms with Crippen molar-refractivity contribution in [1.82, 2.24) is 29.7 Å². The van der Waals surface area contributed by atoms with E-state index in [4.69, 9.17) is 11.5 Å². The number of nitrogen functional groups attached to an aromatic ring is 2. The van der Waals surface area contributed by atoms with Crippen LogP contribution in [0.3, 0.4) is 0 Å². The van der Waals surface area contributed by atoms with E-state index < -0.39 is 0 Å². The van der Waals surface area contributed by atoms with E-state index in [1.165, 1.54) is 17.3 Å². The van der Waals surface area contributed by atoms with E-state index in [2.05, 4.69) is 76.8 Å². The topological polar surface area (TPSA) is 121 Å². The van der Waals surface area contributed by atoms with Crippen molar-refractivity contribution in [2.45, 2.75) is 43.6 Å². The van der Waals surface area contributed by atoms with Gasteiger partial charge in [-0.3, -0.25) is 4.57 Å². The summed E-state index contributed by atoms with van der Waals surface area (Å²) in [6.07, 6.45) is 1.82. The van der Waals surface area contributed by atoms with Crippen LogP contribution in [-0.4, -0.2) is 29.7 Å². The summed E-state index contributed by atoms with van der Waals surface area (Å²) in [6, 6.07) is 8.41. The van der Waals surface area contributed by atoms with Crippen molar-refractivity contribution in [2.75, 3.05) is 11.5 Å². The monoisotopic (exact) mass is 396 g/mol. The second kappa shape index (κ2) is 7.97. The number of aromatic nitrogens is 6. The molecule has 0 saturated heterocycles. The Labute approximate surface area is 168 Å². The Morgan fingerprint density at radius 2 is 1.68 bits per heavy atom. The van der Waals surface area contributed by atoms with E-state index in [9.17, 15) is 0 Å². The summed E-state index contributed by atoms with van der Waals surface area (Å²) >= 11 is 1.46. The average Bonchev–Trinajstić information content (AvgIpc) is 3.02. The third-order valence-corrected chi connectivity index (χ3v) is 5.05. The highest BCUT2D eigenvalue weighted by Gasteiger charge is 2.17. The van der Waals surface area contributed by atoms with Gasteiger partial charge in [0, 0.05) is 12.1 Å².